The zero-order chi connectivity index (χ0) is 14.8. The van der Waals surface area contributed by atoms with Crippen LogP contribution in [0.5, 0.6) is 0 Å². The highest BCUT2D eigenvalue weighted by Gasteiger charge is 2.26. The van der Waals surface area contributed by atoms with Crippen molar-refractivity contribution in [2.24, 2.45) is 0 Å². The van der Waals surface area contributed by atoms with Crippen molar-refractivity contribution in [3.63, 3.8) is 0 Å². The third-order valence-electron chi connectivity index (χ3n) is 4.78. The zero-order valence-electron chi connectivity index (χ0n) is 12.3. The van der Waals surface area contributed by atoms with Gasteiger partial charge in [-0.05, 0) is 44.8 Å². The quantitative estimate of drug-likeness (QED) is 0.848. The molecule has 3 rings (SSSR count). The molecule has 116 valence electrons. The lowest BCUT2D eigenvalue weighted by molar-refractivity contribution is 0.141. The Labute approximate surface area is 130 Å². The summed E-state index contributed by atoms with van der Waals surface area (Å²) in [5.74, 6) is -0.443. The van der Waals surface area contributed by atoms with Gasteiger partial charge in [0.1, 0.15) is 5.82 Å². The Hall–Kier alpha value is -1.00. The summed E-state index contributed by atoms with van der Waals surface area (Å²) < 4.78 is 13.4. The molecule has 2 saturated heterocycles. The highest BCUT2D eigenvalue weighted by Crippen LogP contribution is 2.32. The topological polar surface area (TPSA) is 32.5 Å². The molecule has 0 aromatic heterocycles. The van der Waals surface area contributed by atoms with Gasteiger partial charge >= 0.3 is 0 Å². The van der Waals surface area contributed by atoms with Crippen molar-refractivity contribution >= 4 is 23.0 Å². The van der Waals surface area contributed by atoms with Crippen LogP contribution in [0.1, 0.15) is 32.1 Å². The van der Waals surface area contributed by atoms with Crippen LogP contribution in [-0.4, -0.2) is 37.1 Å². The number of nitrogens with two attached hydrogens (primary N) is 1. The summed E-state index contributed by atoms with van der Waals surface area (Å²) in [5, 5.41) is 0.150. The first-order chi connectivity index (χ1) is 10.1. The summed E-state index contributed by atoms with van der Waals surface area (Å²) >= 11 is 5.89. The molecular weight excluding hydrogens is 289 g/mol. The van der Waals surface area contributed by atoms with E-state index in [4.69, 9.17) is 17.3 Å². The number of hydrogen-bond donors (Lipinski definition) is 1. The van der Waals surface area contributed by atoms with Crippen molar-refractivity contribution in [3.05, 3.63) is 23.0 Å². The van der Waals surface area contributed by atoms with Gasteiger partial charge in [-0.1, -0.05) is 18.0 Å². The van der Waals surface area contributed by atoms with E-state index in [0.717, 1.165) is 31.6 Å². The molecule has 0 radical (unpaired) electrons. The van der Waals surface area contributed by atoms with Gasteiger partial charge in [0.25, 0.3) is 0 Å². The summed E-state index contributed by atoms with van der Waals surface area (Å²) in [6, 6.07) is 3.68. The van der Waals surface area contributed by atoms with Gasteiger partial charge < -0.3 is 15.5 Å². The molecule has 2 heterocycles. The molecule has 1 aromatic carbocycles. The van der Waals surface area contributed by atoms with Gasteiger partial charge in [-0.15, -0.1) is 0 Å². The Balaban J connectivity index is 1.64. The van der Waals surface area contributed by atoms with E-state index in [1.54, 1.807) is 6.07 Å². The second kappa shape index (κ2) is 6.41. The highest BCUT2D eigenvalue weighted by atomic mass is 35.5. The van der Waals surface area contributed by atoms with Crippen LogP contribution in [0.25, 0.3) is 0 Å². The average molecular weight is 312 g/mol. The Morgan fingerprint density at radius 1 is 1.05 bits per heavy atom. The Morgan fingerprint density at radius 3 is 2.38 bits per heavy atom. The van der Waals surface area contributed by atoms with Crippen molar-refractivity contribution in [1.82, 2.24) is 4.90 Å². The van der Waals surface area contributed by atoms with Crippen LogP contribution in [0, 0.1) is 5.82 Å². The minimum absolute atomic E-state index is 0.150. The van der Waals surface area contributed by atoms with Crippen LogP contribution in [0.2, 0.25) is 5.02 Å². The van der Waals surface area contributed by atoms with Crippen LogP contribution < -0.4 is 10.6 Å². The Morgan fingerprint density at radius 2 is 1.71 bits per heavy atom. The van der Waals surface area contributed by atoms with Gasteiger partial charge in [0.2, 0.25) is 0 Å². The molecule has 2 fully saturated rings. The summed E-state index contributed by atoms with van der Waals surface area (Å²) in [4.78, 5) is 4.88. The maximum absolute atomic E-state index is 13.4. The molecule has 0 atom stereocenters. The van der Waals surface area contributed by atoms with E-state index in [2.05, 4.69) is 9.80 Å². The lowest BCUT2D eigenvalue weighted by atomic mass is 9.99. The number of nitrogen functional groups attached to an aromatic ring is 1. The van der Waals surface area contributed by atoms with E-state index in [1.165, 1.54) is 38.4 Å². The van der Waals surface area contributed by atoms with Crippen molar-refractivity contribution in [2.45, 2.75) is 38.1 Å². The fraction of sp³-hybridized carbons (Fsp3) is 0.625. The minimum atomic E-state index is -0.443. The Kier molecular flexibility index (Phi) is 4.55. The first-order valence-corrected chi connectivity index (χ1v) is 8.26. The number of likely N-dealkylation sites (tertiary alicyclic amines) is 1. The highest BCUT2D eigenvalue weighted by molar-refractivity contribution is 6.31. The predicted octanol–water partition coefficient (Wildman–Crippen LogP) is 3.52. The molecule has 0 amide bonds. The predicted molar refractivity (Wildman–Crippen MR) is 86.5 cm³/mol. The van der Waals surface area contributed by atoms with E-state index >= 15 is 0 Å². The number of hydrogen-bond acceptors (Lipinski definition) is 3. The van der Waals surface area contributed by atoms with Gasteiger partial charge in [0.15, 0.2) is 0 Å². The minimum Gasteiger partial charge on any atom is -0.397 e. The van der Waals surface area contributed by atoms with Crippen LogP contribution in [-0.2, 0) is 0 Å². The van der Waals surface area contributed by atoms with E-state index in [0.29, 0.717) is 11.7 Å². The van der Waals surface area contributed by atoms with Gasteiger partial charge in [0.05, 0.1) is 16.4 Å². The standard InChI is InChI=1S/C16H23ClFN3/c17-13-10-16(15(19)11-14(13)18)21-8-4-12(5-9-21)20-6-2-1-3-7-20/h10-12H,1-9,19H2. The molecule has 0 aliphatic carbocycles. The molecule has 1 aromatic rings. The fourth-order valence-electron chi connectivity index (χ4n) is 3.58. The maximum Gasteiger partial charge on any atom is 0.143 e. The summed E-state index contributed by atoms with van der Waals surface area (Å²) in [5.41, 5.74) is 7.30. The number of rotatable bonds is 2. The van der Waals surface area contributed by atoms with Crippen molar-refractivity contribution in [2.75, 3.05) is 36.8 Å². The van der Waals surface area contributed by atoms with E-state index in [-0.39, 0.29) is 5.02 Å². The van der Waals surface area contributed by atoms with Crippen molar-refractivity contribution < 1.29 is 4.39 Å². The molecule has 2 aliphatic rings. The first kappa shape index (κ1) is 14.9. The van der Waals surface area contributed by atoms with Gasteiger partial charge in [-0.2, -0.15) is 0 Å². The van der Waals surface area contributed by atoms with Crippen LogP contribution in [0.15, 0.2) is 12.1 Å². The molecule has 3 nitrogen and oxygen atoms in total. The fourth-order valence-corrected chi connectivity index (χ4v) is 3.74. The molecule has 2 N–H and O–H groups in total. The Bertz CT molecular complexity index is 495. The van der Waals surface area contributed by atoms with E-state index in [9.17, 15) is 4.39 Å². The van der Waals surface area contributed by atoms with E-state index in [1.807, 2.05) is 0 Å². The molecule has 0 saturated carbocycles. The molecule has 0 unspecified atom stereocenters. The van der Waals surface area contributed by atoms with Crippen molar-refractivity contribution in [1.29, 1.82) is 0 Å². The second-order valence-electron chi connectivity index (χ2n) is 6.14. The normalized spacial score (nSPS) is 21.7. The SMILES string of the molecule is Nc1cc(F)c(Cl)cc1N1CCC(N2CCCCC2)CC1. The summed E-state index contributed by atoms with van der Waals surface area (Å²) in [7, 11) is 0. The second-order valence-corrected chi connectivity index (χ2v) is 6.55. The molecular formula is C16H23ClFN3. The monoisotopic (exact) mass is 311 g/mol. The van der Waals surface area contributed by atoms with Gasteiger partial charge in [-0.3, -0.25) is 0 Å². The molecule has 0 spiro atoms. The lowest BCUT2D eigenvalue weighted by Gasteiger charge is -2.41. The number of halogens is 2. The molecule has 2 aliphatic heterocycles. The number of nitrogens with zero attached hydrogens (tertiary/aromatic N) is 2. The number of piperidine rings is 2. The molecule has 5 heteroatoms. The van der Waals surface area contributed by atoms with Crippen LogP contribution in [0.4, 0.5) is 15.8 Å². The lowest BCUT2D eigenvalue weighted by Crippen LogP contribution is -2.46. The van der Waals surface area contributed by atoms with Crippen LogP contribution in [0.3, 0.4) is 0 Å². The first-order valence-electron chi connectivity index (χ1n) is 7.88. The van der Waals surface area contributed by atoms with Gasteiger partial charge in [0, 0.05) is 25.2 Å². The smallest absolute Gasteiger partial charge is 0.143 e. The third kappa shape index (κ3) is 3.27. The zero-order valence-corrected chi connectivity index (χ0v) is 13.1. The average Bonchev–Trinajstić information content (AvgIpc) is 2.52. The summed E-state index contributed by atoms with van der Waals surface area (Å²) in [6.07, 6.45) is 6.34. The maximum atomic E-state index is 13.4. The van der Waals surface area contributed by atoms with Crippen LogP contribution >= 0.6 is 11.6 Å². The molecule has 0 bridgehead atoms. The molecule has 21 heavy (non-hydrogen) atoms. The largest absolute Gasteiger partial charge is 0.397 e. The van der Waals surface area contributed by atoms with Gasteiger partial charge in [-0.25, -0.2) is 4.39 Å². The third-order valence-corrected chi connectivity index (χ3v) is 5.07. The van der Waals surface area contributed by atoms with E-state index < -0.39 is 5.82 Å². The summed E-state index contributed by atoms with van der Waals surface area (Å²) in [6.45, 7) is 4.42. The number of benzene rings is 1. The number of anilines is 2. The van der Waals surface area contributed by atoms with Crippen molar-refractivity contribution in [3.8, 4) is 0 Å².